The molecular formula is C18H24N4O3S. The SMILES string of the molecule is CCC(C)Nc1ccnc(C(=O)NCCc2ccc(S(N)(=O)=O)cc2)c1. The second-order valence-corrected chi connectivity index (χ2v) is 7.64. The minimum Gasteiger partial charge on any atom is -0.382 e. The maximum absolute atomic E-state index is 12.2. The van der Waals surface area contributed by atoms with Crippen LogP contribution in [0.15, 0.2) is 47.5 Å². The standard InChI is InChI=1S/C18H24N4O3S/c1-3-13(2)22-15-9-11-20-17(12-15)18(23)21-10-8-14-4-6-16(7-5-14)26(19,24)25/h4-7,9,11-13H,3,8,10H2,1-2H3,(H,20,22)(H,21,23)(H2,19,24,25). The molecular weight excluding hydrogens is 352 g/mol. The Morgan fingerprint density at radius 2 is 1.92 bits per heavy atom. The Bertz CT molecular complexity index is 851. The predicted molar refractivity (Wildman–Crippen MR) is 101 cm³/mol. The number of amides is 1. The van der Waals surface area contributed by atoms with Crippen LogP contribution in [-0.4, -0.2) is 31.9 Å². The van der Waals surface area contributed by atoms with Crippen molar-refractivity contribution in [2.75, 3.05) is 11.9 Å². The number of rotatable bonds is 8. The van der Waals surface area contributed by atoms with Gasteiger partial charge in [0.2, 0.25) is 10.0 Å². The summed E-state index contributed by atoms with van der Waals surface area (Å²) in [5.41, 5.74) is 2.11. The normalized spacial score (nSPS) is 12.4. The van der Waals surface area contributed by atoms with Gasteiger partial charge in [-0.2, -0.15) is 0 Å². The third-order valence-electron chi connectivity index (χ3n) is 3.97. The quantitative estimate of drug-likeness (QED) is 0.651. The first-order valence-corrected chi connectivity index (χ1v) is 9.96. The van der Waals surface area contributed by atoms with E-state index in [9.17, 15) is 13.2 Å². The summed E-state index contributed by atoms with van der Waals surface area (Å²) < 4.78 is 22.5. The van der Waals surface area contributed by atoms with Crippen molar-refractivity contribution in [1.29, 1.82) is 0 Å². The Morgan fingerprint density at radius 1 is 1.23 bits per heavy atom. The number of anilines is 1. The summed E-state index contributed by atoms with van der Waals surface area (Å²) in [4.78, 5) is 16.4. The van der Waals surface area contributed by atoms with Gasteiger partial charge in [-0.15, -0.1) is 0 Å². The molecule has 1 unspecified atom stereocenters. The third kappa shape index (κ3) is 5.82. The summed E-state index contributed by atoms with van der Waals surface area (Å²) in [5.74, 6) is -0.251. The highest BCUT2D eigenvalue weighted by atomic mass is 32.2. The Labute approximate surface area is 154 Å². The van der Waals surface area contributed by atoms with E-state index in [0.29, 0.717) is 24.7 Å². The Hall–Kier alpha value is -2.45. The van der Waals surface area contributed by atoms with Crippen LogP contribution in [0.1, 0.15) is 36.3 Å². The molecule has 1 amide bonds. The number of carbonyl (C=O) groups excluding carboxylic acids is 1. The molecule has 1 heterocycles. The van der Waals surface area contributed by atoms with E-state index in [-0.39, 0.29) is 10.8 Å². The van der Waals surface area contributed by atoms with E-state index in [0.717, 1.165) is 17.7 Å². The van der Waals surface area contributed by atoms with Crippen molar-refractivity contribution in [2.45, 2.75) is 37.6 Å². The van der Waals surface area contributed by atoms with Crippen LogP contribution in [0, 0.1) is 0 Å². The van der Waals surface area contributed by atoms with Crippen LogP contribution in [0.4, 0.5) is 5.69 Å². The zero-order valence-electron chi connectivity index (χ0n) is 14.9. The lowest BCUT2D eigenvalue weighted by Gasteiger charge is -2.13. The van der Waals surface area contributed by atoms with Crippen molar-refractivity contribution in [3.63, 3.8) is 0 Å². The summed E-state index contributed by atoms with van der Waals surface area (Å²) >= 11 is 0. The molecule has 8 heteroatoms. The smallest absolute Gasteiger partial charge is 0.269 e. The number of primary sulfonamides is 1. The summed E-state index contributed by atoms with van der Waals surface area (Å²) in [7, 11) is -3.69. The molecule has 0 aliphatic carbocycles. The molecule has 0 fully saturated rings. The van der Waals surface area contributed by atoms with Crippen LogP contribution in [0.25, 0.3) is 0 Å². The topological polar surface area (TPSA) is 114 Å². The monoisotopic (exact) mass is 376 g/mol. The van der Waals surface area contributed by atoms with Gasteiger partial charge in [-0.25, -0.2) is 13.6 Å². The van der Waals surface area contributed by atoms with Gasteiger partial charge < -0.3 is 10.6 Å². The van der Waals surface area contributed by atoms with Crippen molar-refractivity contribution >= 4 is 21.6 Å². The van der Waals surface area contributed by atoms with Gasteiger partial charge in [0.25, 0.3) is 5.91 Å². The first-order valence-electron chi connectivity index (χ1n) is 8.42. The lowest BCUT2D eigenvalue weighted by atomic mass is 10.1. The molecule has 0 saturated heterocycles. The van der Waals surface area contributed by atoms with E-state index in [1.165, 1.54) is 12.1 Å². The summed E-state index contributed by atoms with van der Waals surface area (Å²) in [6.45, 7) is 4.57. The van der Waals surface area contributed by atoms with Crippen LogP contribution < -0.4 is 15.8 Å². The molecule has 0 aliphatic heterocycles. The van der Waals surface area contributed by atoms with Crippen molar-refractivity contribution in [1.82, 2.24) is 10.3 Å². The van der Waals surface area contributed by atoms with Gasteiger partial charge >= 0.3 is 0 Å². The number of nitrogens with two attached hydrogens (primary N) is 1. The van der Waals surface area contributed by atoms with E-state index in [1.54, 1.807) is 24.4 Å². The molecule has 7 nitrogen and oxygen atoms in total. The zero-order chi connectivity index (χ0) is 19.2. The predicted octanol–water partition coefficient (Wildman–Crippen LogP) is 1.91. The van der Waals surface area contributed by atoms with Gasteiger partial charge in [0.15, 0.2) is 0 Å². The Balaban J connectivity index is 1.90. The summed E-state index contributed by atoms with van der Waals surface area (Å²) in [6.07, 6.45) is 3.15. The number of hydrogen-bond donors (Lipinski definition) is 3. The highest BCUT2D eigenvalue weighted by Gasteiger charge is 2.09. The van der Waals surface area contributed by atoms with Crippen molar-refractivity contribution in [3.8, 4) is 0 Å². The van der Waals surface area contributed by atoms with Crippen LogP contribution >= 0.6 is 0 Å². The number of pyridine rings is 1. The Morgan fingerprint density at radius 3 is 2.54 bits per heavy atom. The lowest BCUT2D eigenvalue weighted by Crippen LogP contribution is -2.26. The first-order chi connectivity index (χ1) is 12.3. The van der Waals surface area contributed by atoms with Gasteiger partial charge in [-0.1, -0.05) is 19.1 Å². The van der Waals surface area contributed by atoms with Gasteiger partial charge in [0.05, 0.1) is 4.90 Å². The molecule has 0 bridgehead atoms. The number of hydrogen-bond acceptors (Lipinski definition) is 5. The second kappa shape index (κ2) is 8.77. The fraction of sp³-hybridized carbons (Fsp3) is 0.333. The van der Waals surface area contributed by atoms with Crippen molar-refractivity contribution < 1.29 is 13.2 Å². The van der Waals surface area contributed by atoms with E-state index >= 15 is 0 Å². The van der Waals surface area contributed by atoms with Crippen molar-refractivity contribution in [2.24, 2.45) is 5.14 Å². The molecule has 1 aromatic heterocycles. The van der Waals surface area contributed by atoms with Crippen LogP contribution in [0.3, 0.4) is 0 Å². The summed E-state index contributed by atoms with van der Waals surface area (Å²) in [6, 6.07) is 10.1. The van der Waals surface area contributed by atoms with Gasteiger partial charge in [0, 0.05) is 24.5 Å². The van der Waals surface area contributed by atoms with Crippen LogP contribution in [-0.2, 0) is 16.4 Å². The van der Waals surface area contributed by atoms with Crippen LogP contribution in [0.5, 0.6) is 0 Å². The maximum Gasteiger partial charge on any atom is 0.269 e. The molecule has 0 spiro atoms. The fourth-order valence-corrected chi connectivity index (χ4v) is 2.80. The lowest BCUT2D eigenvalue weighted by molar-refractivity contribution is 0.0949. The van der Waals surface area contributed by atoms with Crippen molar-refractivity contribution in [3.05, 3.63) is 53.9 Å². The molecule has 4 N–H and O–H groups in total. The van der Waals surface area contributed by atoms with Gasteiger partial charge in [-0.05, 0) is 49.6 Å². The number of nitrogens with zero attached hydrogens (tertiary/aromatic N) is 1. The Kier molecular flexibility index (Phi) is 6.70. The van der Waals surface area contributed by atoms with Gasteiger partial charge in [0.1, 0.15) is 5.69 Å². The second-order valence-electron chi connectivity index (χ2n) is 6.08. The molecule has 140 valence electrons. The number of carbonyl (C=O) groups is 1. The fourth-order valence-electron chi connectivity index (χ4n) is 2.29. The number of sulfonamides is 1. The highest BCUT2D eigenvalue weighted by Crippen LogP contribution is 2.11. The zero-order valence-corrected chi connectivity index (χ0v) is 15.7. The van der Waals surface area contributed by atoms with E-state index in [1.807, 2.05) is 6.07 Å². The molecule has 26 heavy (non-hydrogen) atoms. The number of nitrogens with one attached hydrogen (secondary N) is 2. The molecule has 2 rings (SSSR count). The minimum absolute atomic E-state index is 0.0695. The molecule has 0 aliphatic rings. The largest absolute Gasteiger partial charge is 0.382 e. The first kappa shape index (κ1) is 19.9. The van der Waals surface area contributed by atoms with E-state index < -0.39 is 10.0 Å². The maximum atomic E-state index is 12.2. The van der Waals surface area contributed by atoms with E-state index in [2.05, 4.69) is 29.5 Å². The minimum atomic E-state index is -3.69. The highest BCUT2D eigenvalue weighted by molar-refractivity contribution is 7.89. The number of benzene rings is 1. The average molecular weight is 376 g/mol. The molecule has 1 atom stereocenters. The molecule has 1 aromatic carbocycles. The van der Waals surface area contributed by atoms with E-state index in [4.69, 9.17) is 5.14 Å². The number of aromatic nitrogens is 1. The molecule has 2 aromatic rings. The van der Waals surface area contributed by atoms with Crippen LogP contribution in [0.2, 0.25) is 0 Å². The molecule has 0 radical (unpaired) electrons. The summed E-state index contributed by atoms with van der Waals surface area (Å²) in [5, 5.41) is 11.2. The third-order valence-corrected chi connectivity index (χ3v) is 4.90. The van der Waals surface area contributed by atoms with Gasteiger partial charge in [-0.3, -0.25) is 9.78 Å². The molecule has 0 saturated carbocycles. The average Bonchev–Trinajstić information content (AvgIpc) is 2.61.